The van der Waals surface area contributed by atoms with Crippen molar-refractivity contribution in [2.75, 3.05) is 11.9 Å². The first-order chi connectivity index (χ1) is 8.58. The van der Waals surface area contributed by atoms with E-state index < -0.39 is 0 Å². The summed E-state index contributed by atoms with van der Waals surface area (Å²) in [6, 6.07) is 0. The Kier molecular flexibility index (Phi) is 2.29. The Balaban J connectivity index is 2.10. The molecule has 0 aliphatic heterocycles. The van der Waals surface area contributed by atoms with Crippen molar-refractivity contribution in [1.82, 2.24) is 19.1 Å². The van der Waals surface area contributed by atoms with Gasteiger partial charge in [0.15, 0.2) is 11.2 Å². The maximum Gasteiger partial charge on any atom is 0.332 e. The van der Waals surface area contributed by atoms with E-state index in [0.29, 0.717) is 23.0 Å². The maximum atomic E-state index is 11.9. The van der Waals surface area contributed by atoms with E-state index in [1.165, 1.54) is 24.5 Å². The molecule has 2 aromatic rings. The molecular weight excluding hydrogens is 234 g/mol. The van der Waals surface area contributed by atoms with Crippen molar-refractivity contribution in [2.45, 2.75) is 12.8 Å². The molecule has 0 amide bonds. The Morgan fingerprint density at radius 1 is 1.33 bits per heavy atom. The molecule has 1 aliphatic carbocycles. The van der Waals surface area contributed by atoms with Gasteiger partial charge in [-0.1, -0.05) is 0 Å². The predicted octanol–water partition coefficient (Wildman–Crippen LogP) is -0.218. The number of H-pyrrole nitrogens is 1. The van der Waals surface area contributed by atoms with Gasteiger partial charge in [0.1, 0.15) is 0 Å². The van der Waals surface area contributed by atoms with Gasteiger partial charge < -0.3 is 10.3 Å². The number of fused-ring (bicyclic) bond motifs is 1. The molecular formula is C11H15N5O2. The van der Waals surface area contributed by atoms with Crippen LogP contribution in [0.2, 0.25) is 0 Å². The summed E-state index contributed by atoms with van der Waals surface area (Å²) in [5.74, 6) is 1.26. The Hall–Kier alpha value is -2.05. The van der Waals surface area contributed by atoms with Gasteiger partial charge in [-0.2, -0.15) is 4.98 Å². The summed E-state index contributed by atoms with van der Waals surface area (Å²) in [6.45, 7) is 0.855. The first kappa shape index (κ1) is 11.1. The zero-order valence-electron chi connectivity index (χ0n) is 10.4. The fraction of sp³-hybridized carbons (Fsp3) is 0.545. The number of rotatable bonds is 3. The van der Waals surface area contributed by atoms with Crippen LogP contribution in [0.1, 0.15) is 12.8 Å². The molecule has 1 fully saturated rings. The van der Waals surface area contributed by atoms with Gasteiger partial charge in [-0.25, -0.2) is 4.79 Å². The zero-order chi connectivity index (χ0) is 12.9. The third-order valence-corrected chi connectivity index (χ3v) is 3.35. The van der Waals surface area contributed by atoms with Gasteiger partial charge in [0.2, 0.25) is 5.95 Å². The lowest BCUT2D eigenvalue weighted by molar-refractivity contribution is 0.709. The number of hydrogen-bond donors (Lipinski definition) is 2. The van der Waals surface area contributed by atoms with E-state index in [-0.39, 0.29) is 11.2 Å². The molecule has 1 saturated carbocycles. The Morgan fingerprint density at radius 2 is 2.06 bits per heavy atom. The van der Waals surface area contributed by atoms with E-state index in [4.69, 9.17) is 0 Å². The van der Waals surface area contributed by atoms with Crippen LogP contribution in [-0.2, 0) is 14.1 Å². The van der Waals surface area contributed by atoms with Crippen molar-refractivity contribution in [2.24, 2.45) is 20.0 Å². The highest BCUT2D eigenvalue weighted by atomic mass is 16.2. The topological polar surface area (TPSA) is 84.7 Å². The van der Waals surface area contributed by atoms with Gasteiger partial charge >= 0.3 is 5.69 Å². The second kappa shape index (κ2) is 3.72. The van der Waals surface area contributed by atoms with Crippen molar-refractivity contribution < 1.29 is 0 Å². The van der Waals surface area contributed by atoms with Crippen LogP contribution in [0.25, 0.3) is 11.2 Å². The lowest BCUT2D eigenvalue weighted by Crippen LogP contribution is -2.36. The molecule has 3 rings (SSSR count). The molecule has 7 heteroatoms. The standard InChI is InChI=1S/C11H15N5O2/c1-15-8-7(9(17)16(2)11(15)18)13-10(14-8)12-5-6-3-4-6/h6H,3-5H2,1-2H3,(H2,12,13,14). The molecule has 2 heterocycles. The van der Waals surface area contributed by atoms with Gasteiger partial charge in [-0.15, -0.1) is 0 Å². The minimum absolute atomic E-state index is 0.347. The van der Waals surface area contributed by atoms with E-state index in [9.17, 15) is 9.59 Å². The molecule has 0 bridgehead atoms. The van der Waals surface area contributed by atoms with E-state index in [2.05, 4.69) is 15.3 Å². The molecule has 0 atom stereocenters. The van der Waals surface area contributed by atoms with Crippen molar-refractivity contribution in [3.8, 4) is 0 Å². The number of aromatic nitrogens is 4. The zero-order valence-corrected chi connectivity index (χ0v) is 10.4. The first-order valence-electron chi connectivity index (χ1n) is 5.97. The monoisotopic (exact) mass is 249 g/mol. The highest BCUT2D eigenvalue weighted by molar-refractivity contribution is 5.72. The van der Waals surface area contributed by atoms with Crippen LogP contribution in [0, 0.1) is 5.92 Å². The van der Waals surface area contributed by atoms with Gasteiger partial charge in [-0.05, 0) is 18.8 Å². The summed E-state index contributed by atoms with van der Waals surface area (Å²) in [5, 5.41) is 3.16. The van der Waals surface area contributed by atoms with Crippen LogP contribution in [0.15, 0.2) is 9.59 Å². The first-order valence-corrected chi connectivity index (χ1v) is 5.97. The molecule has 0 unspecified atom stereocenters. The van der Waals surface area contributed by atoms with Gasteiger partial charge in [0.05, 0.1) is 0 Å². The number of aryl methyl sites for hydroxylation is 1. The number of nitrogens with zero attached hydrogens (tertiary/aromatic N) is 3. The third-order valence-electron chi connectivity index (χ3n) is 3.35. The van der Waals surface area contributed by atoms with Crippen LogP contribution in [0.4, 0.5) is 5.95 Å². The SMILES string of the molecule is Cn1c(=O)c2[nH]c(NCC3CC3)nc2n(C)c1=O. The summed E-state index contributed by atoms with van der Waals surface area (Å²) < 4.78 is 2.45. The molecule has 0 aromatic carbocycles. The normalized spacial score (nSPS) is 15.2. The second-order valence-corrected chi connectivity index (χ2v) is 4.81. The number of nitrogens with one attached hydrogen (secondary N) is 2. The molecule has 0 spiro atoms. The van der Waals surface area contributed by atoms with Crippen molar-refractivity contribution in [1.29, 1.82) is 0 Å². The number of imidazole rings is 1. The molecule has 0 saturated heterocycles. The van der Waals surface area contributed by atoms with Crippen LogP contribution in [0.3, 0.4) is 0 Å². The van der Waals surface area contributed by atoms with Gasteiger partial charge in [0, 0.05) is 20.6 Å². The fourth-order valence-corrected chi connectivity index (χ4v) is 1.97. The summed E-state index contributed by atoms with van der Waals surface area (Å²) in [7, 11) is 3.07. The van der Waals surface area contributed by atoms with E-state index >= 15 is 0 Å². The number of hydrogen-bond acceptors (Lipinski definition) is 4. The lowest BCUT2D eigenvalue weighted by Gasteiger charge is -2.00. The Bertz CT molecular complexity index is 719. The Morgan fingerprint density at radius 3 is 2.72 bits per heavy atom. The summed E-state index contributed by atoms with van der Waals surface area (Å²) in [4.78, 5) is 30.9. The van der Waals surface area contributed by atoms with Crippen LogP contribution >= 0.6 is 0 Å². The minimum Gasteiger partial charge on any atom is -0.355 e. The highest BCUT2D eigenvalue weighted by Gasteiger charge is 2.21. The van der Waals surface area contributed by atoms with E-state index in [0.717, 1.165) is 11.1 Å². The number of aromatic amines is 1. The van der Waals surface area contributed by atoms with Crippen LogP contribution in [0.5, 0.6) is 0 Å². The molecule has 96 valence electrons. The van der Waals surface area contributed by atoms with Crippen molar-refractivity contribution in [3.05, 3.63) is 20.8 Å². The average molecular weight is 249 g/mol. The smallest absolute Gasteiger partial charge is 0.332 e. The lowest BCUT2D eigenvalue weighted by atomic mass is 10.4. The molecule has 2 aromatic heterocycles. The molecule has 1 aliphatic rings. The van der Waals surface area contributed by atoms with Gasteiger partial charge in [-0.3, -0.25) is 13.9 Å². The summed E-state index contributed by atoms with van der Waals surface area (Å²) in [5.41, 5.74) is 0.0344. The van der Waals surface area contributed by atoms with Crippen LogP contribution < -0.4 is 16.6 Å². The van der Waals surface area contributed by atoms with Crippen molar-refractivity contribution in [3.63, 3.8) is 0 Å². The maximum absolute atomic E-state index is 11.9. The second-order valence-electron chi connectivity index (χ2n) is 4.81. The van der Waals surface area contributed by atoms with Gasteiger partial charge in [0.25, 0.3) is 5.56 Å². The Labute approximate surface area is 102 Å². The number of anilines is 1. The average Bonchev–Trinajstić information content (AvgIpc) is 3.10. The summed E-state index contributed by atoms with van der Waals surface area (Å²) >= 11 is 0. The predicted molar refractivity (Wildman–Crippen MR) is 67.8 cm³/mol. The van der Waals surface area contributed by atoms with E-state index in [1.54, 1.807) is 7.05 Å². The molecule has 2 N–H and O–H groups in total. The van der Waals surface area contributed by atoms with E-state index in [1.807, 2.05) is 0 Å². The van der Waals surface area contributed by atoms with Crippen molar-refractivity contribution >= 4 is 17.1 Å². The molecule has 7 nitrogen and oxygen atoms in total. The summed E-state index contributed by atoms with van der Waals surface area (Å²) in [6.07, 6.45) is 2.49. The largest absolute Gasteiger partial charge is 0.355 e. The molecule has 0 radical (unpaired) electrons. The fourth-order valence-electron chi connectivity index (χ4n) is 1.97. The molecule has 18 heavy (non-hydrogen) atoms. The quantitative estimate of drug-likeness (QED) is 0.787. The van der Waals surface area contributed by atoms with Crippen LogP contribution in [-0.4, -0.2) is 25.6 Å². The minimum atomic E-state index is -0.368. The third kappa shape index (κ3) is 1.62. The highest BCUT2D eigenvalue weighted by Crippen LogP contribution is 2.28.